The van der Waals surface area contributed by atoms with Crippen LogP contribution in [0.5, 0.6) is 23.1 Å². The first-order valence-corrected chi connectivity index (χ1v) is 9.82. The van der Waals surface area contributed by atoms with Crippen LogP contribution in [0.15, 0.2) is 41.9 Å². The van der Waals surface area contributed by atoms with Crippen molar-refractivity contribution in [1.82, 2.24) is 24.9 Å². The van der Waals surface area contributed by atoms with E-state index in [0.29, 0.717) is 51.0 Å². The number of nitrogens with zero attached hydrogens (tertiary/aromatic N) is 4. The van der Waals surface area contributed by atoms with E-state index in [9.17, 15) is 5.11 Å². The average molecular weight is 426 g/mol. The number of nitrogens with one attached hydrogen (secondary N) is 2. The standard InChI is InChI=1S/C22H14N6O4/c1-30-11-4-2-3-9-13(11)16(27-21-18-20(24-6-23-18)25-7-26-21)17-14-10(22(29)28-17)5-12-19(15(9)14)32-8-31-12/h2-7,28-29H,8H2,1H3,(H,23,24,25,26). The molecule has 3 N–H and O–H groups in total. The van der Waals surface area contributed by atoms with Crippen LogP contribution < -0.4 is 14.2 Å². The van der Waals surface area contributed by atoms with E-state index in [1.807, 2.05) is 18.2 Å². The minimum absolute atomic E-state index is 0.0170. The minimum atomic E-state index is 0.0170. The number of aromatic hydroxyl groups is 1. The lowest BCUT2D eigenvalue weighted by atomic mass is 9.84. The SMILES string of the molecule is COc1cccc2c1C(=Nc1ncnc3nc[nH]c13)c1[nH]c(O)c3cc4c(c-2c13)OCO4. The molecule has 0 radical (unpaired) electrons. The highest BCUT2D eigenvalue weighted by atomic mass is 16.7. The largest absolute Gasteiger partial charge is 0.496 e. The summed E-state index contributed by atoms with van der Waals surface area (Å²) in [7, 11) is 1.61. The molecule has 3 aromatic heterocycles. The number of hydrogen-bond acceptors (Lipinski definition) is 8. The Kier molecular flexibility index (Phi) is 3.20. The minimum Gasteiger partial charge on any atom is -0.496 e. The summed E-state index contributed by atoms with van der Waals surface area (Å²) in [6.07, 6.45) is 2.97. The second-order valence-corrected chi connectivity index (χ2v) is 7.40. The van der Waals surface area contributed by atoms with Gasteiger partial charge in [0.25, 0.3) is 0 Å². The Balaban J connectivity index is 1.65. The molecule has 10 heteroatoms. The Bertz CT molecular complexity index is 1620. The molecule has 5 aromatic rings. The van der Waals surface area contributed by atoms with E-state index in [2.05, 4.69) is 24.9 Å². The third-order valence-corrected chi connectivity index (χ3v) is 5.82. The summed E-state index contributed by atoms with van der Waals surface area (Å²) in [5, 5.41) is 12.2. The number of hydrogen-bond donors (Lipinski definition) is 3. The number of methoxy groups -OCH3 is 1. The molecule has 10 nitrogen and oxygen atoms in total. The first-order valence-electron chi connectivity index (χ1n) is 9.82. The van der Waals surface area contributed by atoms with Crippen molar-refractivity contribution in [3.8, 4) is 34.3 Å². The number of aromatic nitrogens is 5. The zero-order chi connectivity index (χ0) is 21.4. The molecule has 0 spiro atoms. The Morgan fingerprint density at radius 2 is 2.09 bits per heavy atom. The zero-order valence-electron chi connectivity index (χ0n) is 16.6. The summed E-state index contributed by atoms with van der Waals surface area (Å²) in [6.45, 7) is 0.119. The van der Waals surface area contributed by atoms with Gasteiger partial charge >= 0.3 is 0 Å². The van der Waals surface area contributed by atoms with E-state index in [1.54, 1.807) is 19.5 Å². The van der Waals surface area contributed by atoms with Crippen molar-refractivity contribution in [2.45, 2.75) is 0 Å². The monoisotopic (exact) mass is 426 g/mol. The lowest BCUT2D eigenvalue weighted by Crippen LogP contribution is -2.13. The number of H-pyrrole nitrogens is 2. The molecule has 2 aromatic carbocycles. The van der Waals surface area contributed by atoms with Crippen molar-refractivity contribution < 1.29 is 19.3 Å². The van der Waals surface area contributed by atoms with Crippen molar-refractivity contribution in [2.24, 2.45) is 4.99 Å². The number of imidazole rings is 1. The molecule has 0 saturated carbocycles. The number of aliphatic imine (C=N–C) groups is 1. The predicted octanol–water partition coefficient (Wildman–Crippen LogP) is 3.43. The molecule has 0 saturated heterocycles. The lowest BCUT2D eigenvalue weighted by Gasteiger charge is -2.22. The Hall–Kier alpha value is -4.60. The second kappa shape index (κ2) is 5.97. The van der Waals surface area contributed by atoms with Crippen molar-refractivity contribution in [2.75, 3.05) is 13.9 Å². The zero-order valence-corrected chi connectivity index (χ0v) is 16.6. The second-order valence-electron chi connectivity index (χ2n) is 7.40. The van der Waals surface area contributed by atoms with Crippen LogP contribution in [0.25, 0.3) is 33.1 Å². The van der Waals surface area contributed by atoms with Gasteiger partial charge in [-0.05, 0) is 17.7 Å². The fraction of sp³-hybridized carbons (Fsp3) is 0.0909. The number of fused-ring (bicyclic) bond motifs is 5. The fourth-order valence-electron chi connectivity index (χ4n) is 4.51. The van der Waals surface area contributed by atoms with Gasteiger partial charge in [-0.25, -0.2) is 19.9 Å². The molecule has 4 heterocycles. The maximum Gasteiger partial charge on any atom is 0.231 e. The molecular weight excluding hydrogens is 412 g/mol. The van der Waals surface area contributed by atoms with Crippen LogP contribution >= 0.6 is 0 Å². The van der Waals surface area contributed by atoms with Crippen LogP contribution in [0.1, 0.15) is 11.3 Å². The van der Waals surface area contributed by atoms with Gasteiger partial charge in [0.2, 0.25) is 6.79 Å². The summed E-state index contributed by atoms with van der Waals surface area (Å²) in [5.41, 5.74) is 4.76. The summed E-state index contributed by atoms with van der Waals surface area (Å²) >= 11 is 0. The quantitative estimate of drug-likeness (QED) is 0.387. The summed E-state index contributed by atoms with van der Waals surface area (Å²) < 4.78 is 17.2. The first kappa shape index (κ1) is 17.1. The highest BCUT2D eigenvalue weighted by Crippen LogP contribution is 2.54. The summed E-state index contributed by atoms with van der Waals surface area (Å²) in [5.74, 6) is 2.27. The molecular formula is C22H14N6O4. The average Bonchev–Trinajstić information content (AvgIpc) is 3.55. The van der Waals surface area contributed by atoms with Gasteiger partial charge in [-0.15, -0.1) is 0 Å². The van der Waals surface area contributed by atoms with Crippen molar-refractivity contribution in [1.29, 1.82) is 0 Å². The summed E-state index contributed by atoms with van der Waals surface area (Å²) in [6, 6.07) is 7.52. The first-order chi connectivity index (χ1) is 15.7. The van der Waals surface area contributed by atoms with E-state index in [0.717, 1.165) is 22.1 Å². The van der Waals surface area contributed by atoms with Gasteiger partial charge < -0.3 is 29.3 Å². The molecule has 0 amide bonds. The van der Waals surface area contributed by atoms with E-state index < -0.39 is 0 Å². The molecule has 1 aliphatic carbocycles. The highest BCUT2D eigenvalue weighted by Gasteiger charge is 2.35. The van der Waals surface area contributed by atoms with Crippen LogP contribution in [0.2, 0.25) is 0 Å². The number of ether oxygens (including phenoxy) is 3. The Morgan fingerprint density at radius 1 is 1.16 bits per heavy atom. The molecule has 0 fully saturated rings. The molecule has 32 heavy (non-hydrogen) atoms. The third kappa shape index (κ3) is 2.07. The highest BCUT2D eigenvalue weighted by molar-refractivity contribution is 6.30. The van der Waals surface area contributed by atoms with E-state index in [-0.39, 0.29) is 12.7 Å². The van der Waals surface area contributed by atoms with E-state index in [4.69, 9.17) is 19.2 Å². The lowest BCUT2D eigenvalue weighted by molar-refractivity contribution is 0.174. The van der Waals surface area contributed by atoms with Crippen LogP contribution in [0.4, 0.5) is 5.82 Å². The molecule has 0 bridgehead atoms. The topological polar surface area (TPSA) is 131 Å². The normalized spacial score (nSPS) is 15.0. The van der Waals surface area contributed by atoms with Gasteiger partial charge in [-0.2, -0.15) is 0 Å². The maximum atomic E-state index is 10.8. The molecule has 0 atom stereocenters. The number of benzene rings is 2. The van der Waals surface area contributed by atoms with Crippen molar-refractivity contribution in [3.05, 3.63) is 48.2 Å². The third-order valence-electron chi connectivity index (χ3n) is 5.82. The molecule has 0 unspecified atom stereocenters. The van der Waals surface area contributed by atoms with Crippen LogP contribution in [0.3, 0.4) is 0 Å². The molecule has 1 aliphatic heterocycles. The molecule has 7 rings (SSSR count). The van der Waals surface area contributed by atoms with Gasteiger partial charge in [0.05, 0.1) is 24.7 Å². The van der Waals surface area contributed by atoms with Crippen LogP contribution in [-0.2, 0) is 0 Å². The summed E-state index contributed by atoms with van der Waals surface area (Å²) in [4.78, 5) is 23.7. The van der Waals surface area contributed by atoms with Gasteiger partial charge in [-0.3, -0.25) is 0 Å². The predicted molar refractivity (Wildman–Crippen MR) is 115 cm³/mol. The fourth-order valence-corrected chi connectivity index (χ4v) is 4.51. The van der Waals surface area contributed by atoms with Gasteiger partial charge in [0.1, 0.15) is 23.3 Å². The van der Waals surface area contributed by atoms with Gasteiger partial charge in [0, 0.05) is 16.3 Å². The Morgan fingerprint density at radius 3 is 3.00 bits per heavy atom. The molecule has 2 aliphatic rings. The van der Waals surface area contributed by atoms with Gasteiger partial charge in [-0.1, -0.05) is 12.1 Å². The van der Waals surface area contributed by atoms with Crippen molar-refractivity contribution >= 4 is 33.5 Å². The maximum absolute atomic E-state index is 10.8. The Labute approximate surface area is 179 Å². The smallest absolute Gasteiger partial charge is 0.231 e. The molecule has 156 valence electrons. The number of aromatic amines is 2. The van der Waals surface area contributed by atoms with E-state index in [1.165, 1.54) is 6.33 Å². The number of rotatable bonds is 2. The van der Waals surface area contributed by atoms with Crippen LogP contribution in [-0.4, -0.2) is 49.6 Å². The van der Waals surface area contributed by atoms with Crippen molar-refractivity contribution in [3.63, 3.8) is 0 Å². The van der Waals surface area contributed by atoms with Crippen LogP contribution in [0, 0.1) is 0 Å². The van der Waals surface area contributed by atoms with E-state index >= 15 is 0 Å². The van der Waals surface area contributed by atoms with Gasteiger partial charge in [0.15, 0.2) is 28.8 Å².